The van der Waals surface area contributed by atoms with Gasteiger partial charge in [0.1, 0.15) is 0 Å². The predicted molar refractivity (Wildman–Crippen MR) is 116 cm³/mol. The van der Waals surface area contributed by atoms with E-state index in [1.165, 1.54) is 30.2 Å². The van der Waals surface area contributed by atoms with Gasteiger partial charge in [-0.05, 0) is 49.2 Å². The first kappa shape index (κ1) is 21.9. The number of thiazole rings is 1. The zero-order valence-electron chi connectivity index (χ0n) is 16.4. The van der Waals surface area contributed by atoms with Crippen molar-refractivity contribution < 1.29 is 23.0 Å². The van der Waals surface area contributed by atoms with E-state index in [2.05, 4.69) is 15.0 Å². The van der Waals surface area contributed by atoms with Crippen LogP contribution in [0, 0.1) is 6.92 Å². The Balaban J connectivity index is 1.50. The van der Waals surface area contributed by atoms with E-state index in [0.29, 0.717) is 12.1 Å². The molecule has 3 aromatic rings. The summed E-state index contributed by atoms with van der Waals surface area (Å²) in [5, 5.41) is 5.91. The Morgan fingerprint density at radius 2 is 2.10 bits per heavy atom. The zero-order valence-corrected chi connectivity index (χ0v) is 18.0. The Labute approximate surface area is 181 Å². The molecule has 0 fully saturated rings. The molecule has 2 heterocycles. The maximum absolute atomic E-state index is 12.4. The van der Waals surface area contributed by atoms with Gasteiger partial charge in [0, 0.05) is 22.9 Å². The number of nitrogens with zero attached hydrogens (tertiary/aromatic N) is 1. The number of aromatic nitrogens is 1. The largest absolute Gasteiger partial charge is 0.493 e. The minimum Gasteiger partial charge on any atom is -0.493 e. The normalized spacial score (nSPS) is 11.2. The number of alkyl halides is 2. The Hall–Kier alpha value is -2.78. The number of hydrogen-bond donors (Lipinski definition) is 1. The van der Waals surface area contributed by atoms with Crippen molar-refractivity contribution in [1.82, 2.24) is 10.3 Å². The molecule has 0 saturated carbocycles. The Morgan fingerprint density at radius 1 is 1.27 bits per heavy atom. The summed E-state index contributed by atoms with van der Waals surface area (Å²) in [4.78, 5) is 18.8. The Kier molecular flexibility index (Phi) is 7.53. The number of nitrogens with one attached hydrogen (secondary N) is 1. The van der Waals surface area contributed by atoms with Crippen LogP contribution in [0.2, 0.25) is 0 Å². The van der Waals surface area contributed by atoms with E-state index < -0.39 is 6.61 Å². The molecule has 2 aromatic heterocycles. The summed E-state index contributed by atoms with van der Waals surface area (Å²) in [6, 6.07) is 8.56. The van der Waals surface area contributed by atoms with Crippen LogP contribution in [0.3, 0.4) is 0 Å². The molecule has 0 spiro atoms. The molecule has 158 valence electrons. The SMILES string of the molecule is COc1cc(/C=C/C(=O)NCCc2ccc(-c3csc(C)n3)s2)ccc1OC(F)F. The molecule has 5 nitrogen and oxygen atoms in total. The first-order chi connectivity index (χ1) is 14.4. The quantitative estimate of drug-likeness (QED) is 0.458. The molecular formula is C21H20F2N2O3S2. The van der Waals surface area contributed by atoms with Crippen molar-refractivity contribution in [2.24, 2.45) is 0 Å². The standard InChI is InChI=1S/C21H20F2N2O3S2/c1-13-25-16(12-29-13)19-7-5-15(30-19)9-10-24-20(26)8-4-14-3-6-17(28-21(22)23)18(11-14)27-2/h3-8,11-12,21H,9-10H2,1-2H3,(H,24,26)/b8-4+. The van der Waals surface area contributed by atoms with Gasteiger partial charge in [-0.3, -0.25) is 4.79 Å². The van der Waals surface area contributed by atoms with Crippen LogP contribution in [0.5, 0.6) is 11.5 Å². The highest BCUT2D eigenvalue weighted by molar-refractivity contribution is 7.16. The summed E-state index contributed by atoms with van der Waals surface area (Å²) in [7, 11) is 1.36. The molecule has 1 N–H and O–H groups in total. The van der Waals surface area contributed by atoms with Gasteiger partial charge in [0.15, 0.2) is 11.5 Å². The second-order valence-corrected chi connectivity index (χ2v) is 8.41. The van der Waals surface area contributed by atoms with Crippen molar-refractivity contribution in [2.45, 2.75) is 20.0 Å². The summed E-state index contributed by atoms with van der Waals surface area (Å²) in [5.41, 5.74) is 1.62. The van der Waals surface area contributed by atoms with Crippen LogP contribution in [0.25, 0.3) is 16.6 Å². The predicted octanol–water partition coefficient (Wildman–Crippen LogP) is 5.16. The fourth-order valence-corrected chi connectivity index (χ4v) is 4.30. The Morgan fingerprint density at radius 3 is 2.80 bits per heavy atom. The number of carbonyl (C=O) groups is 1. The number of methoxy groups -OCH3 is 1. The van der Waals surface area contributed by atoms with E-state index in [9.17, 15) is 13.6 Å². The molecule has 0 unspecified atom stereocenters. The van der Waals surface area contributed by atoms with Gasteiger partial charge in [0.2, 0.25) is 5.91 Å². The number of rotatable bonds is 9. The van der Waals surface area contributed by atoms with Crippen LogP contribution in [-0.4, -0.2) is 31.2 Å². The van der Waals surface area contributed by atoms with Gasteiger partial charge in [0.05, 0.1) is 22.7 Å². The molecule has 9 heteroatoms. The third kappa shape index (κ3) is 6.11. The van der Waals surface area contributed by atoms with Crippen molar-refractivity contribution >= 4 is 34.7 Å². The second-order valence-electron chi connectivity index (χ2n) is 6.18. The lowest BCUT2D eigenvalue weighted by atomic mass is 10.2. The molecule has 0 radical (unpaired) electrons. The smallest absolute Gasteiger partial charge is 0.387 e. The fraction of sp³-hybridized carbons (Fsp3) is 0.238. The highest BCUT2D eigenvalue weighted by Gasteiger charge is 2.10. The van der Waals surface area contributed by atoms with E-state index in [1.54, 1.807) is 34.8 Å². The van der Waals surface area contributed by atoms with Crippen molar-refractivity contribution in [3.63, 3.8) is 0 Å². The van der Waals surface area contributed by atoms with Gasteiger partial charge < -0.3 is 14.8 Å². The average molecular weight is 451 g/mol. The van der Waals surface area contributed by atoms with E-state index in [-0.39, 0.29) is 17.4 Å². The first-order valence-corrected chi connectivity index (χ1v) is 10.7. The van der Waals surface area contributed by atoms with Gasteiger partial charge in [-0.2, -0.15) is 8.78 Å². The lowest BCUT2D eigenvalue weighted by Crippen LogP contribution is -2.23. The lowest BCUT2D eigenvalue weighted by Gasteiger charge is -2.10. The van der Waals surface area contributed by atoms with E-state index in [0.717, 1.165) is 22.0 Å². The molecule has 3 rings (SSSR count). The fourth-order valence-electron chi connectivity index (χ4n) is 2.65. The van der Waals surface area contributed by atoms with Crippen LogP contribution in [0.1, 0.15) is 15.4 Å². The summed E-state index contributed by atoms with van der Waals surface area (Å²) >= 11 is 3.29. The zero-order chi connectivity index (χ0) is 21.5. The van der Waals surface area contributed by atoms with Gasteiger partial charge in [-0.1, -0.05) is 6.07 Å². The van der Waals surface area contributed by atoms with Crippen LogP contribution >= 0.6 is 22.7 Å². The highest BCUT2D eigenvalue weighted by atomic mass is 32.1. The summed E-state index contributed by atoms with van der Waals surface area (Å²) in [5.74, 6) is -0.132. The number of carbonyl (C=O) groups excluding carboxylic acids is 1. The minimum atomic E-state index is -2.93. The maximum atomic E-state index is 12.4. The third-order valence-electron chi connectivity index (χ3n) is 4.03. The molecule has 0 aliphatic carbocycles. The average Bonchev–Trinajstić information content (AvgIpc) is 3.35. The molecular weight excluding hydrogens is 430 g/mol. The number of halogens is 2. The van der Waals surface area contributed by atoms with Crippen molar-refractivity contribution in [3.05, 3.63) is 57.2 Å². The number of ether oxygens (including phenoxy) is 2. The molecule has 0 atom stereocenters. The topological polar surface area (TPSA) is 60.5 Å². The third-order valence-corrected chi connectivity index (χ3v) is 5.98. The highest BCUT2D eigenvalue weighted by Crippen LogP contribution is 2.30. The van der Waals surface area contributed by atoms with Crippen LogP contribution in [0.4, 0.5) is 8.78 Å². The van der Waals surface area contributed by atoms with Crippen LogP contribution in [-0.2, 0) is 11.2 Å². The number of thiophene rings is 1. The minimum absolute atomic E-state index is 0.0581. The van der Waals surface area contributed by atoms with Gasteiger partial charge in [-0.15, -0.1) is 22.7 Å². The van der Waals surface area contributed by atoms with Gasteiger partial charge in [0.25, 0.3) is 0 Å². The number of hydrogen-bond acceptors (Lipinski definition) is 6. The molecule has 0 aliphatic heterocycles. The van der Waals surface area contributed by atoms with Crippen LogP contribution < -0.4 is 14.8 Å². The molecule has 0 aliphatic rings. The molecule has 1 aromatic carbocycles. The van der Waals surface area contributed by atoms with Crippen LogP contribution in [0.15, 0.2) is 41.8 Å². The van der Waals surface area contributed by atoms with Crippen molar-refractivity contribution in [3.8, 4) is 22.1 Å². The summed E-state index contributed by atoms with van der Waals surface area (Å²) in [6.07, 6.45) is 3.69. The lowest BCUT2D eigenvalue weighted by molar-refractivity contribution is -0.116. The number of amides is 1. The second kappa shape index (κ2) is 10.3. The van der Waals surface area contributed by atoms with Gasteiger partial charge >= 0.3 is 6.61 Å². The summed E-state index contributed by atoms with van der Waals surface area (Å²) < 4.78 is 34.2. The Bertz CT molecular complexity index is 1030. The number of aryl methyl sites for hydroxylation is 1. The monoisotopic (exact) mass is 450 g/mol. The van der Waals surface area contributed by atoms with Crippen molar-refractivity contribution in [2.75, 3.05) is 13.7 Å². The van der Waals surface area contributed by atoms with Crippen molar-refractivity contribution in [1.29, 1.82) is 0 Å². The number of benzene rings is 1. The van der Waals surface area contributed by atoms with E-state index >= 15 is 0 Å². The summed E-state index contributed by atoms with van der Waals surface area (Å²) in [6.45, 7) is -0.451. The molecule has 0 saturated heterocycles. The molecule has 1 amide bonds. The first-order valence-electron chi connectivity index (χ1n) is 9.04. The maximum Gasteiger partial charge on any atom is 0.387 e. The van der Waals surface area contributed by atoms with E-state index in [4.69, 9.17) is 4.74 Å². The molecule has 30 heavy (non-hydrogen) atoms. The van der Waals surface area contributed by atoms with E-state index in [1.807, 2.05) is 24.4 Å². The van der Waals surface area contributed by atoms with Gasteiger partial charge in [-0.25, -0.2) is 4.98 Å². The molecule has 0 bridgehead atoms.